The molecule has 4 aliphatic rings. The number of likely N-dealkylation sites (tertiary alicyclic amines) is 2. The first-order valence-corrected chi connectivity index (χ1v) is 16.6. The van der Waals surface area contributed by atoms with Crippen LogP contribution in [0.5, 0.6) is 5.75 Å². The van der Waals surface area contributed by atoms with Gasteiger partial charge in [0.15, 0.2) is 0 Å². The number of para-hydroxylation sites is 1. The lowest BCUT2D eigenvalue weighted by atomic mass is 9.73. The molecule has 3 fully saturated rings. The number of benzene rings is 2. The van der Waals surface area contributed by atoms with Crippen LogP contribution in [-0.2, 0) is 17.6 Å². The average Bonchev–Trinajstić information content (AvgIpc) is 3.81. The standard InChI is InChI=1S/C36H51N3O2/c40-35(28-37-20-15-31(16-21-37)26-30-8-2-1-3-9-30)39-22-18-36(19-23-39)17-7-6-11-33-10-4-5-12-34(33)41-25-24-38(29-36)27-32-13-14-32/h1-5,8-10,12,31-32H,6-7,11,13-29H2. The molecule has 2 aromatic rings. The van der Waals surface area contributed by atoms with Crippen LogP contribution in [0.4, 0.5) is 0 Å². The van der Waals surface area contributed by atoms with Gasteiger partial charge in [-0.2, -0.15) is 0 Å². The van der Waals surface area contributed by atoms with Crippen LogP contribution in [0.15, 0.2) is 54.6 Å². The number of aryl methyl sites for hydroxylation is 1. The molecular weight excluding hydrogens is 506 g/mol. The summed E-state index contributed by atoms with van der Waals surface area (Å²) in [5, 5.41) is 0. The summed E-state index contributed by atoms with van der Waals surface area (Å²) < 4.78 is 6.33. The Labute approximate surface area is 248 Å². The summed E-state index contributed by atoms with van der Waals surface area (Å²) in [6, 6.07) is 19.5. The van der Waals surface area contributed by atoms with Crippen molar-refractivity contribution in [2.75, 3.05) is 59.0 Å². The quantitative estimate of drug-likeness (QED) is 0.432. The molecule has 1 spiro atoms. The largest absolute Gasteiger partial charge is 0.492 e. The van der Waals surface area contributed by atoms with Crippen molar-refractivity contribution in [3.05, 3.63) is 65.7 Å². The normalized spacial score (nSPS) is 23.3. The van der Waals surface area contributed by atoms with Gasteiger partial charge in [0, 0.05) is 32.7 Å². The first-order chi connectivity index (χ1) is 20.1. The molecule has 5 nitrogen and oxygen atoms in total. The third kappa shape index (κ3) is 8.14. The average molecular weight is 558 g/mol. The minimum absolute atomic E-state index is 0.334. The minimum Gasteiger partial charge on any atom is -0.492 e. The number of carbonyl (C=O) groups excluding carboxylic acids is 1. The Morgan fingerprint density at radius 2 is 1.54 bits per heavy atom. The highest BCUT2D eigenvalue weighted by atomic mass is 16.5. The molecule has 1 amide bonds. The molecule has 0 N–H and O–H groups in total. The van der Waals surface area contributed by atoms with Crippen molar-refractivity contribution < 1.29 is 9.53 Å². The molecule has 0 atom stereocenters. The Balaban J connectivity index is 1.01. The molecule has 0 unspecified atom stereocenters. The van der Waals surface area contributed by atoms with Gasteiger partial charge < -0.3 is 9.64 Å². The molecule has 5 heteroatoms. The summed E-state index contributed by atoms with van der Waals surface area (Å²) in [7, 11) is 0. The Bertz CT molecular complexity index is 1100. The second-order valence-electron chi connectivity index (χ2n) is 13.6. The predicted molar refractivity (Wildman–Crippen MR) is 166 cm³/mol. The maximum atomic E-state index is 13.4. The Morgan fingerprint density at radius 1 is 0.780 bits per heavy atom. The van der Waals surface area contributed by atoms with Gasteiger partial charge in [0.2, 0.25) is 5.91 Å². The minimum atomic E-state index is 0.334. The zero-order valence-corrected chi connectivity index (χ0v) is 25.2. The summed E-state index contributed by atoms with van der Waals surface area (Å²) in [5.74, 6) is 3.07. The first kappa shape index (κ1) is 28.7. The smallest absolute Gasteiger partial charge is 0.236 e. The lowest BCUT2D eigenvalue weighted by Crippen LogP contribution is -2.51. The van der Waals surface area contributed by atoms with E-state index in [1.165, 1.54) is 75.6 Å². The third-order valence-electron chi connectivity index (χ3n) is 10.4. The van der Waals surface area contributed by atoms with Gasteiger partial charge in [-0.1, -0.05) is 55.0 Å². The van der Waals surface area contributed by atoms with E-state index in [4.69, 9.17) is 4.74 Å². The van der Waals surface area contributed by atoms with Crippen LogP contribution in [0.25, 0.3) is 0 Å². The van der Waals surface area contributed by atoms with Crippen molar-refractivity contribution in [3.63, 3.8) is 0 Å². The van der Waals surface area contributed by atoms with E-state index in [1.54, 1.807) is 0 Å². The van der Waals surface area contributed by atoms with E-state index in [9.17, 15) is 4.79 Å². The topological polar surface area (TPSA) is 36.0 Å². The lowest BCUT2D eigenvalue weighted by molar-refractivity contribution is -0.135. The Morgan fingerprint density at radius 3 is 2.32 bits per heavy atom. The zero-order valence-electron chi connectivity index (χ0n) is 25.2. The maximum Gasteiger partial charge on any atom is 0.236 e. The van der Waals surface area contributed by atoms with Gasteiger partial charge in [0.1, 0.15) is 12.4 Å². The van der Waals surface area contributed by atoms with Gasteiger partial charge >= 0.3 is 0 Å². The highest BCUT2D eigenvalue weighted by Crippen LogP contribution is 2.40. The van der Waals surface area contributed by atoms with Crippen LogP contribution in [0.3, 0.4) is 0 Å². The first-order valence-electron chi connectivity index (χ1n) is 16.6. The molecule has 1 saturated carbocycles. The fraction of sp³-hybridized carbons (Fsp3) is 0.639. The van der Waals surface area contributed by atoms with E-state index in [2.05, 4.69) is 69.3 Å². The molecule has 0 aromatic heterocycles. The molecule has 2 saturated heterocycles. The number of amides is 1. The number of carbonyl (C=O) groups is 1. The SMILES string of the molecule is O=C(CN1CCC(Cc2ccccc2)CC1)N1CCC2(CCCCc3ccccc3OCCN(CC3CC3)C2)CC1. The van der Waals surface area contributed by atoms with Gasteiger partial charge in [0.25, 0.3) is 0 Å². The van der Waals surface area contributed by atoms with Gasteiger partial charge in [0.05, 0.1) is 6.54 Å². The summed E-state index contributed by atoms with van der Waals surface area (Å²) >= 11 is 0. The summed E-state index contributed by atoms with van der Waals surface area (Å²) in [6.07, 6.45) is 13.5. The molecule has 3 aliphatic heterocycles. The van der Waals surface area contributed by atoms with Gasteiger partial charge in [-0.3, -0.25) is 14.6 Å². The number of hydrogen-bond donors (Lipinski definition) is 0. The van der Waals surface area contributed by atoms with E-state index in [0.717, 1.165) is 76.2 Å². The molecule has 41 heavy (non-hydrogen) atoms. The molecule has 222 valence electrons. The highest BCUT2D eigenvalue weighted by Gasteiger charge is 2.38. The summed E-state index contributed by atoms with van der Waals surface area (Å²) in [5.41, 5.74) is 3.14. The van der Waals surface area contributed by atoms with Crippen LogP contribution < -0.4 is 4.74 Å². The molecule has 2 aromatic carbocycles. The molecule has 0 bridgehead atoms. The monoisotopic (exact) mass is 557 g/mol. The Hall–Kier alpha value is -2.37. The molecule has 1 aliphatic carbocycles. The zero-order chi connectivity index (χ0) is 27.9. The third-order valence-corrected chi connectivity index (χ3v) is 10.4. The number of nitrogens with zero attached hydrogens (tertiary/aromatic N) is 3. The van der Waals surface area contributed by atoms with Crippen LogP contribution >= 0.6 is 0 Å². The van der Waals surface area contributed by atoms with Gasteiger partial charge in [-0.15, -0.1) is 0 Å². The van der Waals surface area contributed by atoms with Crippen molar-refractivity contribution in [2.24, 2.45) is 17.3 Å². The Kier molecular flexibility index (Phi) is 9.63. The second-order valence-corrected chi connectivity index (χ2v) is 13.6. The number of piperidine rings is 2. The number of rotatable bonds is 6. The fourth-order valence-electron chi connectivity index (χ4n) is 7.63. The van der Waals surface area contributed by atoms with E-state index in [0.29, 0.717) is 17.9 Å². The van der Waals surface area contributed by atoms with E-state index >= 15 is 0 Å². The maximum absolute atomic E-state index is 13.4. The van der Waals surface area contributed by atoms with Crippen LogP contribution in [0, 0.1) is 17.3 Å². The van der Waals surface area contributed by atoms with Crippen molar-refractivity contribution >= 4 is 5.91 Å². The predicted octanol–water partition coefficient (Wildman–Crippen LogP) is 6.07. The molecule has 6 rings (SSSR count). The number of ether oxygens (including phenoxy) is 1. The second kappa shape index (κ2) is 13.7. The van der Waals surface area contributed by atoms with Crippen molar-refractivity contribution in [1.82, 2.24) is 14.7 Å². The van der Waals surface area contributed by atoms with Crippen molar-refractivity contribution in [3.8, 4) is 5.75 Å². The molecular formula is C36H51N3O2. The van der Waals surface area contributed by atoms with Gasteiger partial charge in [-0.25, -0.2) is 0 Å². The van der Waals surface area contributed by atoms with Crippen LogP contribution in [-0.4, -0.2) is 79.6 Å². The molecule has 3 heterocycles. The van der Waals surface area contributed by atoms with Gasteiger partial charge in [-0.05, 0) is 112 Å². The lowest BCUT2D eigenvalue weighted by Gasteiger charge is -2.45. The summed E-state index contributed by atoms with van der Waals surface area (Å²) in [6.45, 7) is 8.75. The van der Waals surface area contributed by atoms with E-state index < -0.39 is 0 Å². The number of fused-ring (bicyclic) bond motifs is 1. The van der Waals surface area contributed by atoms with Crippen molar-refractivity contribution in [2.45, 2.75) is 70.6 Å². The van der Waals surface area contributed by atoms with Crippen LogP contribution in [0.2, 0.25) is 0 Å². The van der Waals surface area contributed by atoms with Crippen molar-refractivity contribution in [1.29, 1.82) is 0 Å². The molecule has 0 radical (unpaired) electrons. The fourth-order valence-corrected chi connectivity index (χ4v) is 7.63. The van der Waals surface area contributed by atoms with E-state index in [1.807, 2.05) is 0 Å². The number of hydrogen-bond acceptors (Lipinski definition) is 4. The summed E-state index contributed by atoms with van der Waals surface area (Å²) in [4.78, 5) is 20.7. The van der Waals surface area contributed by atoms with E-state index in [-0.39, 0.29) is 0 Å². The van der Waals surface area contributed by atoms with Crippen LogP contribution in [0.1, 0.15) is 68.9 Å². The highest BCUT2D eigenvalue weighted by molar-refractivity contribution is 5.78.